The smallest absolute Gasteiger partial charge is 0.262 e. The molecule has 3 aromatic carbocycles. The lowest BCUT2D eigenvalue weighted by Crippen LogP contribution is -2.27. The molecule has 30 heavy (non-hydrogen) atoms. The van der Waals surface area contributed by atoms with E-state index >= 15 is 0 Å². The third-order valence-corrected chi connectivity index (χ3v) is 5.05. The van der Waals surface area contributed by atoms with Crippen LogP contribution in [0.2, 0.25) is 0 Å². The molecular weight excluding hydrogens is 440 g/mol. The normalized spacial score (nSPS) is 12.0. The van der Waals surface area contributed by atoms with Crippen LogP contribution in [0.3, 0.4) is 0 Å². The lowest BCUT2D eigenvalue weighted by atomic mass is 10.1. The number of halogens is 1. The van der Waals surface area contributed by atoms with Crippen LogP contribution < -0.4 is 10.1 Å². The van der Waals surface area contributed by atoms with E-state index in [2.05, 4.69) is 21.2 Å². The number of hydrogen-bond donors (Lipinski definition) is 1. The van der Waals surface area contributed by atoms with Gasteiger partial charge in [-0.15, -0.1) is 0 Å². The fourth-order valence-corrected chi connectivity index (χ4v) is 3.09. The highest BCUT2D eigenvalue weighted by atomic mass is 79.9. The van der Waals surface area contributed by atoms with Crippen molar-refractivity contribution in [2.45, 2.75) is 19.6 Å². The molecule has 3 aromatic rings. The summed E-state index contributed by atoms with van der Waals surface area (Å²) in [6.07, 6.45) is 1.57. The van der Waals surface area contributed by atoms with Crippen LogP contribution in [0.15, 0.2) is 88.9 Å². The third-order valence-electron chi connectivity index (χ3n) is 4.52. The average molecular weight is 461 g/mol. The van der Waals surface area contributed by atoms with Crippen molar-refractivity contribution in [2.75, 3.05) is 0 Å². The van der Waals surface area contributed by atoms with Crippen molar-refractivity contribution < 1.29 is 9.53 Å². The molecule has 5 heteroatoms. The van der Waals surface area contributed by atoms with Crippen LogP contribution in [0, 0.1) is 11.3 Å². The number of rotatable bonds is 7. The molecule has 0 saturated carbocycles. The minimum Gasteiger partial charge on any atom is -0.489 e. The van der Waals surface area contributed by atoms with Gasteiger partial charge in [0.1, 0.15) is 24.0 Å². The summed E-state index contributed by atoms with van der Waals surface area (Å²) in [5, 5.41) is 12.3. The van der Waals surface area contributed by atoms with Crippen LogP contribution in [0.25, 0.3) is 6.08 Å². The third kappa shape index (κ3) is 6.07. The summed E-state index contributed by atoms with van der Waals surface area (Å²) in [6.45, 7) is 2.35. The van der Waals surface area contributed by atoms with Crippen LogP contribution in [0.1, 0.15) is 29.7 Å². The zero-order valence-electron chi connectivity index (χ0n) is 16.5. The summed E-state index contributed by atoms with van der Waals surface area (Å²) in [6, 6.07) is 26.7. The van der Waals surface area contributed by atoms with E-state index in [1.807, 2.05) is 91.9 Å². The van der Waals surface area contributed by atoms with Gasteiger partial charge in [-0.05, 0) is 54.0 Å². The van der Waals surface area contributed by atoms with E-state index in [1.54, 1.807) is 6.08 Å². The number of carbonyl (C=O) groups is 1. The van der Waals surface area contributed by atoms with Crippen LogP contribution in [0.4, 0.5) is 0 Å². The predicted octanol–water partition coefficient (Wildman–Crippen LogP) is 5.81. The minimum atomic E-state index is -0.399. The molecule has 0 bridgehead atoms. The van der Waals surface area contributed by atoms with Gasteiger partial charge >= 0.3 is 0 Å². The first-order chi connectivity index (χ1) is 14.5. The lowest BCUT2D eigenvalue weighted by molar-refractivity contribution is -0.117. The Morgan fingerprint density at radius 3 is 2.37 bits per heavy atom. The van der Waals surface area contributed by atoms with E-state index in [1.165, 1.54) is 0 Å². The maximum absolute atomic E-state index is 12.5. The Morgan fingerprint density at radius 1 is 1.07 bits per heavy atom. The average Bonchev–Trinajstić information content (AvgIpc) is 2.78. The molecule has 0 aliphatic rings. The Balaban J connectivity index is 1.61. The van der Waals surface area contributed by atoms with E-state index in [9.17, 15) is 10.1 Å². The second-order valence-electron chi connectivity index (χ2n) is 6.76. The second-order valence-corrected chi connectivity index (χ2v) is 7.68. The highest BCUT2D eigenvalue weighted by molar-refractivity contribution is 9.10. The molecule has 150 valence electrons. The van der Waals surface area contributed by atoms with Gasteiger partial charge in [-0.3, -0.25) is 4.79 Å². The number of nitriles is 1. The molecule has 0 spiro atoms. The highest BCUT2D eigenvalue weighted by Crippen LogP contribution is 2.18. The molecule has 0 saturated heterocycles. The Bertz CT molecular complexity index is 1050. The van der Waals surface area contributed by atoms with Gasteiger partial charge in [0, 0.05) is 4.47 Å². The molecule has 0 heterocycles. The molecule has 1 atom stereocenters. The van der Waals surface area contributed by atoms with Crippen LogP contribution in [-0.2, 0) is 11.4 Å². The Hall–Kier alpha value is -3.36. The fourth-order valence-electron chi connectivity index (χ4n) is 2.82. The number of benzene rings is 3. The van der Waals surface area contributed by atoms with Crippen molar-refractivity contribution in [3.05, 3.63) is 106 Å². The standard InChI is InChI=1S/C25H21BrN2O2/c1-18(21-5-3-2-4-6-21)28-25(29)22(16-27)15-19-9-13-24(14-10-19)30-17-20-7-11-23(26)12-8-20/h2-15,18H,17H2,1H3,(H,28,29)/b22-15+/t18-/m0/s1. The second kappa shape index (κ2) is 10.4. The van der Waals surface area contributed by atoms with Gasteiger partial charge in [0.25, 0.3) is 5.91 Å². The van der Waals surface area contributed by atoms with Crippen molar-refractivity contribution in [3.8, 4) is 11.8 Å². The van der Waals surface area contributed by atoms with Crippen LogP contribution >= 0.6 is 15.9 Å². The molecular formula is C25H21BrN2O2. The Labute approximate surface area is 184 Å². The first kappa shape index (κ1) is 21.4. The molecule has 1 N–H and O–H groups in total. The molecule has 0 aliphatic heterocycles. The SMILES string of the molecule is C[C@H](NC(=O)/C(C#N)=C/c1ccc(OCc2ccc(Br)cc2)cc1)c1ccccc1. The van der Waals surface area contributed by atoms with E-state index < -0.39 is 5.91 Å². The van der Waals surface area contributed by atoms with Crippen molar-refractivity contribution in [1.82, 2.24) is 5.32 Å². The highest BCUT2D eigenvalue weighted by Gasteiger charge is 2.13. The molecule has 0 unspecified atom stereocenters. The summed E-state index contributed by atoms with van der Waals surface area (Å²) >= 11 is 3.41. The number of nitrogens with zero attached hydrogens (tertiary/aromatic N) is 1. The van der Waals surface area contributed by atoms with Crippen LogP contribution in [-0.4, -0.2) is 5.91 Å². The molecule has 1 amide bonds. The zero-order valence-corrected chi connectivity index (χ0v) is 18.1. The molecule has 0 aromatic heterocycles. The zero-order chi connectivity index (χ0) is 21.3. The first-order valence-electron chi connectivity index (χ1n) is 9.50. The number of ether oxygens (including phenoxy) is 1. The first-order valence-corrected chi connectivity index (χ1v) is 10.3. The van der Waals surface area contributed by atoms with Gasteiger partial charge in [0.05, 0.1) is 6.04 Å². The van der Waals surface area contributed by atoms with Crippen molar-refractivity contribution in [1.29, 1.82) is 5.26 Å². The molecule has 4 nitrogen and oxygen atoms in total. The van der Waals surface area contributed by atoms with E-state index in [-0.39, 0.29) is 11.6 Å². The molecule has 0 radical (unpaired) electrons. The summed E-state index contributed by atoms with van der Waals surface area (Å²) in [5.74, 6) is 0.320. The van der Waals surface area contributed by atoms with Crippen molar-refractivity contribution >= 4 is 27.9 Å². The molecule has 0 fully saturated rings. The van der Waals surface area contributed by atoms with Gasteiger partial charge < -0.3 is 10.1 Å². The number of amides is 1. The van der Waals surface area contributed by atoms with Gasteiger partial charge in [0.15, 0.2) is 0 Å². The lowest BCUT2D eigenvalue weighted by Gasteiger charge is -2.13. The monoisotopic (exact) mass is 460 g/mol. The quantitative estimate of drug-likeness (QED) is 0.357. The van der Waals surface area contributed by atoms with Crippen molar-refractivity contribution in [3.63, 3.8) is 0 Å². The minimum absolute atomic E-state index is 0.0568. The summed E-state index contributed by atoms with van der Waals surface area (Å²) in [4.78, 5) is 12.5. The number of carbonyl (C=O) groups excluding carboxylic acids is 1. The fraction of sp³-hybridized carbons (Fsp3) is 0.120. The molecule has 3 rings (SSSR count). The van der Waals surface area contributed by atoms with Gasteiger partial charge in [-0.2, -0.15) is 5.26 Å². The topological polar surface area (TPSA) is 62.1 Å². The maximum Gasteiger partial charge on any atom is 0.262 e. The number of nitrogens with one attached hydrogen (secondary N) is 1. The van der Waals surface area contributed by atoms with E-state index in [0.717, 1.165) is 26.9 Å². The van der Waals surface area contributed by atoms with E-state index in [4.69, 9.17) is 4.74 Å². The van der Waals surface area contributed by atoms with Gasteiger partial charge in [-0.1, -0.05) is 70.5 Å². The largest absolute Gasteiger partial charge is 0.489 e. The van der Waals surface area contributed by atoms with Gasteiger partial charge in [-0.25, -0.2) is 0 Å². The van der Waals surface area contributed by atoms with Crippen LogP contribution in [0.5, 0.6) is 5.75 Å². The Morgan fingerprint density at radius 2 is 1.73 bits per heavy atom. The summed E-state index contributed by atoms with van der Waals surface area (Å²) in [7, 11) is 0. The van der Waals surface area contributed by atoms with E-state index in [0.29, 0.717) is 6.61 Å². The molecule has 0 aliphatic carbocycles. The number of hydrogen-bond acceptors (Lipinski definition) is 3. The van der Waals surface area contributed by atoms with Crippen molar-refractivity contribution in [2.24, 2.45) is 0 Å². The summed E-state index contributed by atoms with van der Waals surface area (Å²) < 4.78 is 6.81. The Kier molecular flexibility index (Phi) is 7.42. The maximum atomic E-state index is 12.5. The predicted molar refractivity (Wildman–Crippen MR) is 122 cm³/mol. The summed E-state index contributed by atoms with van der Waals surface area (Å²) in [5.41, 5.74) is 2.86. The van der Waals surface area contributed by atoms with Gasteiger partial charge in [0.2, 0.25) is 0 Å².